The maximum atomic E-state index is 12.4. The molecule has 0 aliphatic carbocycles. The Bertz CT molecular complexity index is 737. The fourth-order valence-corrected chi connectivity index (χ4v) is 2.70. The van der Waals surface area contributed by atoms with E-state index in [1.54, 1.807) is 6.92 Å². The van der Waals surface area contributed by atoms with E-state index in [0.717, 1.165) is 11.1 Å². The van der Waals surface area contributed by atoms with E-state index >= 15 is 0 Å². The number of aromatic nitrogens is 2. The summed E-state index contributed by atoms with van der Waals surface area (Å²) < 4.78 is 1.71. The Hall–Kier alpha value is -2.02. The zero-order valence-electron chi connectivity index (χ0n) is 11.9. The molecule has 1 aromatic carbocycles. The summed E-state index contributed by atoms with van der Waals surface area (Å²) in [6, 6.07) is 5.66. The molecule has 0 spiro atoms. The van der Waals surface area contributed by atoms with Crippen molar-refractivity contribution in [3.8, 4) is 0 Å². The van der Waals surface area contributed by atoms with Gasteiger partial charge in [-0.05, 0) is 51.3 Å². The molecule has 0 unspecified atom stereocenters. The fraction of sp³-hybridized carbons (Fsp3) is 0.286. The van der Waals surface area contributed by atoms with Crippen LogP contribution in [0.15, 0.2) is 22.8 Å². The van der Waals surface area contributed by atoms with Crippen molar-refractivity contribution in [2.24, 2.45) is 0 Å². The second-order valence-electron chi connectivity index (χ2n) is 4.86. The number of aryl methyl sites for hydroxylation is 3. The number of imidazole rings is 1. The molecule has 0 radical (unpaired) electrons. The van der Waals surface area contributed by atoms with Crippen LogP contribution in [0.3, 0.4) is 0 Å². The van der Waals surface area contributed by atoms with Gasteiger partial charge in [0.15, 0.2) is 10.4 Å². The Morgan fingerprint density at radius 2 is 2.05 bits per heavy atom. The first-order valence-electron chi connectivity index (χ1n) is 6.28. The molecule has 110 valence electrons. The number of Topliss-reactive ketones (excluding diaryl/α,β-unsaturated/α-hetero) is 1. The van der Waals surface area contributed by atoms with Gasteiger partial charge >= 0.3 is 5.82 Å². The van der Waals surface area contributed by atoms with Gasteiger partial charge in [-0.25, -0.2) is 0 Å². The van der Waals surface area contributed by atoms with Gasteiger partial charge in [0.2, 0.25) is 5.82 Å². The van der Waals surface area contributed by atoms with Crippen LogP contribution in [0.25, 0.3) is 0 Å². The van der Waals surface area contributed by atoms with Gasteiger partial charge in [-0.1, -0.05) is 17.7 Å². The second kappa shape index (κ2) is 5.77. The molecule has 0 aliphatic heterocycles. The third kappa shape index (κ3) is 3.02. The minimum Gasteiger partial charge on any atom is -0.358 e. The lowest BCUT2D eigenvalue weighted by atomic mass is 10.0. The highest BCUT2D eigenvalue weighted by molar-refractivity contribution is 9.10. The lowest BCUT2D eigenvalue weighted by Crippen LogP contribution is -2.13. The van der Waals surface area contributed by atoms with Gasteiger partial charge in [-0.15, -0.1) is 0 Å². The average Bonchev–Trinajstić information content (AvgIpc) is 2.69. The first kappa shape index (κ1) is 15.4. The van der Waals surface area contributed by atoms with Crippen molar-refractivity contribution in [3.63, 3.8) is 0 Å². The third-order valence-electron chi connectivity index (χ3n) is 3.25. The van der Waals surface area contributed by atoms with Crippen LogP contribution in [0.4, 0.5) is 5.82 Å². The number of halogens is 1. The first-order chi connectivity index (χ1) is 9.81. The molecule has 0 saturated carbocycles. The zero-order chi connectivity index (χ0) is 15.7. The molecule has 2 rings (SSSR count). The van der Waals surface area contributed by atoms with Crippen LogP contribution in [0.2, 0.25) is 0 Å². The summed E-state index contributed by atoms with van der Waals surface area (Å²) in [6.45, 7) is 5.43. The molecule has 1 aromatic heterocycles. The standard InChI is InChI=1S/C14H14BrN3O3/c1-8-4-5-9(2)11(6-8)12(19)7-17-10(3)16-14(13(17)15)18(20)21/h4-6H,7H2,1-3H3. The Balaban J connectivity index is 2.36. The van der Waals surface area contributed by atoms with Crippen LogP contribution in [0.5, 0.6) is 0 Å². The molecule has 0 N–H and O–H groups in total. The molecule has 0 bridgehead atoms. The van der Waals surface area contributed by atoms with E-state index in [9.17, 15) is 14.9 Å². The number of hydrogen-bond donors (Lipinski definition) is 0. The number of hydrogen-bond acceptors (Lipinski definition) is 4. The van der Waals surface area contributed by atoms with E-state index in [1.807, 2.05) is 32.0 Å². The van der Waals surface area contributed by atoms with Crippen LogP contribution in [0, 0.1) is 30.9 Å². The molecule has 0 atom stereocenters. The van der Waals surface area contributed by atoms with Crippen LogP contribution in [-0.2, 0) is 6.54 Å². The minimum absolute atomic E-state index is 0.0115. The normalized spacial score (nSPS) is 10.7. The number of carbonyl (C=O) groups is 1. The highest BCUT2D eigenvalue weighted by Crippen LogP contribution is 2.26. The van der Waals surface area contributed by atoms with Crippen molar-refractivity contribution in [1.29, 1.82) is 0 Å². The van der Waals surface area contributed by atoms with Gasteiger partial charge in [0.1, 0.15) is 0 Å². The molecule has 0 aliphatic rings. The molecule has 7 heteroatoms. The monoisotopic (exact) mass is 351 g/mol. The molecular formula is C14H14BrN3O3. The van der Waals surface area contributed by atoms with Gasteiger partial charge in [-0.2, -0.15) is 0 Å². The number of benzene rings is 1. The highest BCUT2D eigenvalue weighted by atomic mass is 79.9. The largest absolute Gasteiger partial charge is 0.396 e. The quantitative estimate of drug-likeness (QED) is 0.480. The predicted molar refractivity (Wildman–Crippen MR) is 81.6 cm³/mol. The highest BCUT2D eigenvalue weighted by Gasteiger charge is 2.25. The van der Waals surface area contributed by atoms with Crippen LogP contribution >= 0.6 is 15.9 Å². The predicted octanol–water partition coefficient (Wildman–Crippen LogP) is 3.36. The molecule has 1 heterocycles. The number of rotatable bonds is 4. The van der Waals surface area contributed by atoms with E-state index < -0.39 is 4.92 Å². The topological polar surface area (TPSA) is 78.0 Å². The number of nitro groups is 1. The van der Waals surface area contributed by atoms with Crippen molar-refractivity contribution in [2.45, 2.75) is 27.3 Å². The Kier molecular flexibility index (Phi) is 4.22. The van der Waals surface area contributed by atoms with Gasteiger partial charge in [0.25, 0.3) is 0 Å². The van der Waals surface area contributed by atoms with Gasteiger partial charge < -0.3 is 10.1 Å². The van der Waals surface area contributed by atoms with Crippen molar-refractivity contribution in [2.75, 3.05) is 0 Å². The van der Waals surface area contributed by atoms with Crippen molar-refractivity contribution in [3.05, 3.63) is 55.4 Å². The van der Waals surface area contributed by atoms with Gasteiger partial charge in [-0.3, -0.25) is 9.36 Å². The summed E-state index contributed by atoms with van der Waals surface area (Å²) in [5, 5.41) is 10.9. The van der Waals surface area contributed by atoms with E-state index in [0.29, 0.717) is 11.4 Å². The molecule has 6 nitrogen and oxygen atoms in total. The summed E-state index contributed by atoms with van der Waals surface area (Å²) >= 11 is 3.14. The molecule has 21 heavy (non-hydrogen) atoms. The third-order valence-corrected chi connectivity index (χ3v) is 4.03. The van der Waals surface area contributed by atoms with Crippen molar-refractivity contribution >= 4 is 27.5 Å². The minimum atomic E-state index is -0.573. The maximum absolute atomic E-state index is 12.4. The Morgan fingerprint density at radius 3 is 2.62 bits per heavy atom. The van der Waals surface area contributed by atoms with Crippen LogP contribution in [0.1, 0.15) is 27.3 Å². The van der Waals surface area contributed by atoms with E-state index in [1.165, 1.54) is 4.57 Å². The molecule has 0 fully saturated rings. The average molecular weight is 352 g/mol. The summed E-state index contributed by atoms with van der Waals surface area (Å²) in [5.74, 6) is 0.0424. The molecule has 0 saturated heterocycles. The van der Waals surface area contributed by atoms with E-state index in [-0.39, 0.29) is 22.7 Å². The molecular weight excluding hydrogens is 338 g/mol. The van der Waals surface area contributed by atoms with Crippen LogP contribution < -0.4 is 0 Å². The van der Waals surface area contributed by atoms with E-state index in [4.69, 9.17) is 0 Å². The van der Waals surface area contributed by atoms with Crippen LogP contribution in [-0.4, -0.2) is 20.3 Å². The lowest BCUT2D eigenvalue weighted by Gasteiger charge is -2.08. The summed E-state index contributed by atoms with van der Waals surface area (Å²) in [7, 11) is 0. The zero-order valence-corrected chi connectivity index (χ0v) is 13.5. The smallest absolute Gasteiger partial charge is 0.358 e. The van der Waals surface area contributed by atoms with Crippen molar-refractivity contribution < 1.29 is 9.72 Å². The lowest BCUT2D eigenvalue weighted by molar-refractivity contribution is -0.390. The molecule has 0 amide bonds. The molecule has 2 aromatic rings. The Morgan fingerprint density at radius 1 is 1.38 bits per heavy atom. The number of carbonyl (C=O) groups excluding carboxylic acids is 1. The first-order valence-corrected chi connectivity index (χ1v) is 7.08. The van der Waals surface area contributed by atoms with E-state index in [2.05, 4.69) is 20.9 Å². The number of ketones is 1. The SMILES string of the molecule is Cc1ccc(C)c(C(=O)Cn2c(C)nc([N+](=O)[O-])c2Br)c1. The Labute approximate surface area is 130 Å². The van der Waals surface area contributed by atoms with Gasteiger partial charge in [0.05, 0.1) is 6.54 Å². The maximum Gasteiger partial charge on any atom is 0.396 e. The summed E-state index contributed by atoms with van der Waals surface area (Å²) in [4.78, 5) is 26.6. The van der Waals surface area contributed by atoms with Gasteiger partial charge in [0, 0.05) is 12.5 Å². The second-order valence-corrected chi connectivity index (χ2v) is 5.61. The fourth-order valence-electron chi connectivity index (χ4n) is 2.09. The number of nitrogens with zero attached hydrogens (tertiary/aromatic N) is 3. The van der Waals surface area contributed by atoms with Crippen molar-refractivity contribution in [1.82, 2.24) is 9.55 Å². The summed E-state index contributed by atoms with van der Waals surface area (Å²) in [6.07, 6.45) is 0. The summed E-state index contributed by atoms with van der Waals surface area (Å²) in [5.41, 5.74) is 2.50.